The Balaban J connectivity index is 3.15. The summed E-state index contributed by atoms with van der Waals surface area (Å²) in [6.45, 7) is 3.09. The van der Waals surface area contributed by atoms with Crippen LogP contribution in [0.1, 0.15) is 25.0 Å². The highest BCUT2D eigenvalue weighted by Crippen LogP contribution is 2.34. The van der Waals surface area contributed by atoms with E-state index in [1.807, 2.05) is 0 Å². The van der Waals surface area contributed by atoms with Crippen molar-refractivity contribution in [1.29, 1.82) is 0 Å². The van der Waals surface area contributed by atoms with Crippen LogP contribution in [0.4, 0.5) is 13.2 Å². The van der Waals surface area contributed by atoms with Crippen LogP contribution in [0.3, 0.4) is 0 Å². The van der Waals surface area contributed by atoms with Gasteiger partial charge in [0, 0.05) is 0 Å². The van der Waals surface area contributed by atoms with Gasteiger partial charge in [-0.15, -0.1) is 0 Å². The number of alkyl halides is 3. The quantitative estimate of drug-likeness (QED) is 0.464. The van der Waals surface area contributed by atoms with Gasteiger partial charge >= 0.3 is 12.1 Å². The molecule has 0 saturated heterocycles. The van der Waals surface area contributed by atoms with Gasteiger partial charge in [0.1, 0.15) is 5.60 Å². The fraction of sp³-hybridized carbons (Fsp3) is 0.357. The second-order valence-electron chi connectivity index (χ2n) is 4.39. The number of esters is 1. The zero-order chi connectivity index (χ0) is 16.3. The molecule has 0 aliphatic heterocycles. The van der Waals surface area contributed by atoms with E-state index in [0.29, 0.717) is 0 Å². The van der Waals surface area contributed by atoms with E-state index in [2.05, 4.69) is 0 Å². The van der Waals surface area contributed by atoms with Crippen molar-refractivity contribution in [2.45, 2.75) is 25.6 Å². The van der Waals surface area contributed by atoms with Gasteiger partial charge in [-0.2, -0.15) is 13.2 Å². The molecule has 7 heteroatoms. The molecule has 1 rings (SSSR count). The van der Waals surface area contributed by atoms with Crippen molar-refractivity contribution in [2.24, 2.45) is 0 Å². The largest absolute Gasteiger partial charge is 0.463 e. The van der Waals surface area contributed by atoms with Crippen molar-refractivity contribution < 1.29 is 27.8 Å². The third-order valence-electron chi connectivity index (χ3n) is 2.90. The van der Waals surface area contributed by atoms with Gasteiger partial charge in [-0.05, 0) is 35.6 Å². The minimum absolute atomic E-state index is 0.0373. The number of rotatable bonds is 4. The maximum Gasteiger partial charge on any atom is 0.416 e. The van der Waals surface area contributed by atoms with Crippen molar-refractivity contribution in [2.75, 3.05) is 6.61 Å². The summed E-state index contributed by atoms with van der Waals surface area (Å²) in [7, 11) is 0. The molecule has 1 atom stereocenters. The lowest BCUT2D eigenvalue weighted by Crippen LogP contribution is -2.30. The Kier molecular flexibility index (Phi) is 5.80. The predicted molar refractivity (Wildman–Crippen MR) is 79.8 cm³/mol. The molecule has 0 fully saturated rings. The molecule has 1 N–H and O–H groups in total. The first-order valence-corrected chi connectivity index (χ1v) is 7.27. The van der Waals surface area contributed by atoms with Gasteiger partial charge in [-0.25, -0.2) is 4.79 Å². The summed E-state index contributed by atoms with van der Waals surface area (Å²) in [6.07, 6.45) is -4.45. The molecule has 0 spiro atoms. The van der Waals surface area contributed by atoms with Gasteiger partial charge in [0.25, 0.3) is 0 Å². The normalized spacial score (nSPS) is 15.5. The molecule has 1 unspecified atom stereocenters. The molecule has 116 valence electrons. The Morgan fingerprint density at radius 1 is 1.29 bits per heavy atom. The van der Waals surface area contributed by atoms with Crippen LogP contribution in [0.2, 0.25) is 0 Å². The monoisotopic (exact) mass is 414 g/mol. The van der Waals surface area contributed by atoms with E-state index >= 15 is 0 Å². The van der Waals surface area contributed by atoms with Gasteiger partial charge < -0.3 is 9.84 Å². The van der Waals surface area contributed by atoms with E-state index in [-0.39, 0.29) is 17.7 Å². The molecule has 1 aromatic rings. The highest BCUT2D eigenvalue weighted by molar-refractivity contribution is 14.1. The summed E-state index contributed by atoms with van der Waals surface area (Å²) in [5, 5.41) is 10.5. The first-order chi connectivity index (χ1) is 9.64. The van der Waals surface area contributed by atoms with E-state index in [0.717, 1.165) is 24.3 Å². The maximum absolute atomic E-state index is 12.5. The molecule has 3 nitrogen and oxygen atoms in total. The van der Waals surface area contributed by atoms with Gasteiger partial charge in [-0.1, -0.05) is 34.7 Å². The standard InChI is InChI=1S/C14H14F3IO3/c1-3-21-12(19)11(8-18)13(2,20)9-4-6-10(7-5-9)14(15,16)17/h4-8,20H,3H2,1-2H3/b11-8+. The number of benzene rings is 1. The second-order valence-corrected chi connectivity index (χ2v) is 5.01. The van der Waals surface area contributed by atoms with Gasteiger partial charge in [0.15, 0.2) is 0 Å². The Hall–Kier alpha value is -1.09. The Bertz CT molecular complexity index is 533. The van der Waals surface area contributed by atoms with E-state index < -0.39 is 23.3 Å². The number of aliphatic hydroxyl groups is 1. The first kappa shape index (κ1) is 18.0. The fourth-order valence-corrected chi connectivity index (χ4v) is 2.56. The summed E-state index contributed by atoms with van der Waals surface area (Å²) < 4.78 is 43.7. The first-order valence-electron chi connectivity index (χ1n) is 6.02. The van der Waals surface area contributed by atoms with Crippen molar-refractivity contribution in [3.8, 4) is 0 Å². The Morgan fingerprint density at radius 3 is 2.14 bits per heavy atom. The average molecular weight is 414 g/mol. The second kappa shape index (κ2) is 6.78. The van der Waals surface area contributed by atoms with Gasteiger partial charge in [0.2, 0.25) is 0 Å². The molecule has 0 saturated carbocycles. The number of carbonyl (C=O) groups excluding carboxylic acids is 1. The number of carbonyl (C=O) groups is 1. The fourth-order valence-electron chi connectivity index (χ4n) is 1.70. The van der Waals surface area contributed by atoms with E-state index in [9.17, 15) is 23.1 Å². The number of ether oxygens (including phenoxy) is 1. The third kappa shape index (κ3) is 4.19. The predicted octanol–water partition coefficient (Wildman–Crippen LogP) is 3.79. The molecular weight excluding hydrogens is 400 g/mol. The molecule has 0 aliphatic carbocycles. The van der Waals surface area contributed by atoms with Gasteiger partial charge in [-0.3, -0.25) is 0 Å². The van der Waals surface area contributed by atoms with Crippen LogP contribution in [0.5, 0.6) is 0 Å². The van der Waals surface area contributed by atoms with E-state index in [1.54, 1.807) is 29.5 Å². The molecule has 21 heavy (non-hydrogen) atoms. The van der Waals surface area contributed by atoms with Crippen LogP contribution in [0.15, 0.2) is 33.9 Å². The summed E-state index contributed by atoms with van der Waals surface area (Å²) in [6, 6.07) is 4.00. The topological polar surface area (TPSA) is 46.5 Å². The zero-order valence-electron chi connectivity index (χ0n) is 11.4. The summed E-state index contributed by atoms with van der Waals surface area (Å²) >= 11 is 1.77. The SMILES string of the molecule is CCOC(=O)/C(=C\I)C(C)(O)c1ccc(C(F)(F)F)cc1. The highest BCUT2D eigenvalue weighted by Gasteiger charge is 2.35. The van der Waals surface area contributed by atoms with Crippen molar-refractivity contribution in [3.05, 3.63) is 45.0 Å². The average Bonchev–Trinajstić information content (AvgIpc) is 2.38. The molecular formula is C14H14F3IO3. The van der Waals surface area contributed by atoms with E-state index in [4.69, 9.17) is 4.74 Å². The minimum Gasteiger partial charge on any atom is -0.463 e. The van der Waals surface area contributed by atoms with Crippen LogP contribution in [0.25, 0.3) is 0 Å². The molecule has 0 heterocycles. The molecule has 1 aromatic carbocycles. The summed E-state index contributed by atoms with van der Waals surface area (Å²) in [4.78, 5) is 11.8. The number of hydrogen-bond donors (Lipinski definition) is 1. The van der Waals surface area contributed by atoms with Crippen molar-refractivity contribution >= 4 is 28.6 Å². The number of halogens is 4. The maximum atomic E-state index is 12.5. The van der Waals surface area contributed by atoms with Crippen molar-refractivity contribution in [1.82, 2.24) is 0 Å². The molecule has 0 bridgehead atoms. The van der Waals surface area contributed by atoms with Crippen LogP contribution < -0.4 is 0 Å². The van der Waals surface area contributed by atoms with Crippen molar-refractivity contribution in [3.63, 3.8) is 0 Å². The molecule has 0 amide bonds. The Labute approximate surface area is 133 Å². The number of hydrogen-bond acceptors (Lipinski definition) is 3. The lowest BCUT2D eigenvalue weighted by Gasteiger charge is -2.25. The molecule has 0 radical (unpaired) electrons. The third-order valence-corrected chi connectivity index (χ3v) is 3.53. The lowest BCUT2D eigenvalue weighted by molar-refractivity contribution is -0.141. The summed E-state index contributed by atoms with van der Waals surface area (Å²) in [5.41, 5.74) is -2.42. The van der Waals surface area contributed by atoms with Crippen LogP contribution in [-0.2, 0) is 21.3 Å². The lowest BCUT2D eigenvalue weighted by atomic mass is 9.88. The molecule has 0 aliphatic rings. The van der Waals surface area contributed by atoms with Crippen LogP contribution >= 0.6 is 22.6 Å². The van der Waals surface area contributed by atoms with Crippen LogP contribution in [0, 0.1) is 0 Å². The van der Waals surface area contributed by atoms with E-state index in [1.165, 1.54) is 11.0 Å². The zero-order valence-corrected chi connectivity index (χ0v) is 13.5. The Morgan fingerprint density at radius 2 is 1.76 bits per heavy atom. The van der Waals surface area contributed by atoms with Gasteiger partial charge in [0.05, 0.1) is 17.7 Å². The highest BCUT2D eigenvalue weighted by atomic mass is 127. The van der Waals surface area contributed by atoms with Crippen LogP contribution in [-0.4, -0.2) is 17.7 Å². The molecule has 0 aromatic heterocycles. The smallest absolute Gasteiger partial charge is 0.416 e. The minimum atomic E-state index is -4.45. The summed E-state index contributed by atoms with van der Waals surface area (Å²) in [5.74, 6) is -0.711.